The zero-order chi connectivity index (χ0) is 8.72. The van der Waals surface area contributed by atoms with Crippen molar-refractivity contribution in [2.45, 2.75) is 0 Å². The quantitative estimate of drug-likeness (QED) is 0.568. The predicted octanol–water partition coefficient (Wildman–Crippen LogP) is 0.960. The van der Waals surface area contributed by atoms with Gasteiger partial charge in [-0.3, -0.25) is 9.59 Å². The Labute approximate surface area is 69.3 Å². The van der Waals surface area contributed by atoms with E-state index in [1.54, 1.807) is 24.0 Å². The minimum atomic E-state index is -0.0924. The molecule has 3 heteroatoms. The fourth-order valence-corrected chi connectivity index (χ4v) is 1.31. The van der Waals surface area contributed by atoms with Crippen LogP contribution in [0.4, 0.5) is 0 Å². The first-order chi connectivity index (χ1) is 5.68. The van der Waals surface area contributed by atoms with Gasteiger partial charge in [0.25, 0.3) is 0 Å². The Kier molecular flexibility index (Phi) is 1.27. The van der Waals surface area contributed by atoms with E-state index in [-0.39, 0.29) is 11.6 Å². The monoisotopic (exact) mass is 161 g/mol. The highest BCUT2D eigenvalue weighted by molar-refractivity contribution is 6.21. The van der Waals surface area contributed by atoms with Crippen molar-refractivity contribution in [1.29, 1.82) is 0 Å². The van der Waals surface area contributed by atoms with E-state index < -0.39 is 0 Å². The fraction of sp³-hybridized carbons (Fsp3) is 0.111. The average molecular weight is 161 g/mol. The van der Waals surface area contributed by atoms with Crippen LogP contribution in [0.2, 0.25) is 0 Å². The van der Waals surface area contributed by atoms with Crippen LogP contribution in [-0.2, 0) is 7.05 Å². The molecule has 1 aliphatic carbocycles. The molecule has 1 aromatic rings. The molecular weight excluding hydrogens is 154 g/mol. The highest BCUT2D eigenvalue weighted by Crippen LogP contribution is 2.16. The van der Waals surface area contributed by atoms with Crippen LogP contribution >= 0.6 is 0 Å². The molecule has 0 aliphatic heterocycles. The average Bonchev–Trinajstić information content (AvgIpc) is 2.41. The molecule has 0 atom stereocenters. The van der Waals surface area contributed by atoms with Crippen molar-refractivity contribution >= 4 is 11.6 Å². The number of nitrogens with zero attached hydrogens (tertiary/aromatic N) is 1. The summed E-state index contributed by atoms with van der Waals surface area (Å²) >= 11 is 0. The lowest BCUT2D eigenvalue weighted by Crippen LogP contribution is -2.07. The predicted molar refractivity (Wildman–Crippen MR) is 43.2 cm³/mol. The second-order valence-electron chi connectivity index (χ2n) is 2.81. The molecule has 1 heterocycles. The number of rotatable bonds is 0. The number of ketones is 2. The van der Waals surface area contributed by atoms with Crippen LogP contribution in [0.5, 0.6) is 0 Å². The highest BCUT2D eigenvalue weighted by atomic mass is 16.1. The summed E-state index contributed by atoms with van der Waals surface area (Å²) in [7, 11) is 1.79. The van der Waals surface area contributed by atoms with Gasteiger partial charge in [0.2, 0.25) is 0 Å². The van der Waals surface area contributed by atoms with Crippen LogP contribution < -0.4 is 0 Å². The maximum atomic E-state index is 11.2. The van der Waals surface area contributed by atoms with Crippen molar-refractivity contribution in [2.75, 3.05) is 0 Å². The molecule has 1 aliphatic rings. The zero-order valence-corrected chi connectivity index (χ0v) is 6.57. The molecule has 0 fully saturated rings. The van der Waals surface area contributed by atoms with Gasteiger partial charge in [-0.15, -0.1) is 0 Å². The second kappa shape index (κ2) is 2.17. The number of carbonyl (C=O) groups is 2. The van der Waals surface area contributed by atoms with E-state index in [9.17, 15) is 9.59 Å². The first-order valence-corrected chi connectivity index (χ1v) is 3.61. The largest absolute Gasteiger partial charge is 0.356 e. The normalized spacial score (nSPS) is 15.1. The van der Waals surface area contributed by atoms with Crippen molar-refractivity contribution in [1.82, 2.24) is 4.57 Å². The zero-order valence-electron chi connectivity index (χ0n) is 6.57. The molecular formula is C9H7NO2. The van der Waals surface area contributed by atoms with Gasteiger partial charge in [-0.25, -0.2) is 0 Å². The number of allylic oxidation sites excluding steroid dienone is 2. The van der Waals surface area contributed by atoms with Crippen LogP contribution in [-0.4, -0.2) is 16.1 Å². The molecule has 0 N–H and O–H groups in total. The number of aromatic nitrogens is 1. The van der Waals surface area contributed by atoms with Gasteiger partial charge in [0, 0.05) is 19.4 Å². The highest BCUT2D eigenvalue weighted by Gasteiger charge is 2.19. The van der Waals surface area contributed by atoms with E-state index >= 15 is 0 Å². The number of aryl methyl sites for hydroxylation is 1. The van der Waals surface area contributed by atoms with Crippen molar-refractivity contribution in [3.05, 3.63) is 35.7 Å². The summed E-state index contributed by atoms with van der Waals surface area (Å²) in [5.41, 5.74) is 1.01. The van der Waals surface area contributed by atoms with E-state index in [0.717, 1.165) is 0 Å². The van der Waals surface area contributed by atoms with Gasteiger partial charge in [0.1, 0.15) is 0 Å². The molecule has 12 heavy (non-hydrogen) atoms. The number of hydrogen-bond acceptors (Lipinski definition) is 2. The maximum Gasteiger partial charge on any atom is 0.188 e. The molecule has 2 rings (SSSR count). The fourth-order valence-electron chi connectivity index (χ4n) is 1.31. The summed E-state index contributed by atoms with van der Waals surface area (Å²) < 4.78 is 1.72. The van der Waals surface area contributed by atoms with Crippen LogP contribution in [0, 0.1) is 0 Å². The van der Waals surface area contributed by atoms with Gasteiger partial charge in [0.15, 0.2) is 11.6 Å². The lowest BCUT2D eigenvalue weighted by Gasteiger charge is -2.00. The summed E-state index contributed by atoms with van der Waals surface area (Å²) in [6.45, 7) is 0. The van der Waals surface area contributed by atoms with Gasteiger partial charge in [0.05, 0.1) is 11.1 Å². The molecule has 0 unspecified atom stereocenters. The minimum absolute atomic E-state index is 0.0924. The Bertz CT molecular complexity index is 363. The second-order valence-corrected chi connectivity index (χ2v) is 2.81. The Morgan fingerprint density at radius 2 is 1.42 bits per heavy atom. The molecule has 0 aromatic carbocycles. The minimum Gasteiger partial charge on any atom is -0.356 e. The van der Waals surface area contributed by atoms with E-state index in [4.69, 9.17) is 0 Å². The van der Waals surface area contributed by atoms with Gasteiger partial charge in [-0.2, -0.15) is 0 Å². The Hall–Kier alpha value is -1.64. The van der Waals surface area contributed by atoms with Crippen molar-refractivity contribution in [3.8, 4) is 0 Å². The van der Waals surface area contributed by atoms with Crippen LogP contribution in [0.1, 0.15) is 20.7 Å². The summed E-state index contributed by atoms with van der Waals surface area (Å²) in [5.74, 6) is -0.185. The summed E-state index contributed by atoms with van der Waals surface area (Å²) in [6, 6.07) is 0. The lowest BCUT2D eigenvalue weighted by atomic mass is 10.0. The Balaban J connectivity index is 2.68. The SMILES string of the molecule is Cn1cc2c(c1)C(=O)C=CC2=O. The lowest BCUT2D eigenvalue weighted by molar-refractivity contribution is 0.0995. The molecule has 0 spiro atoms. The van der Waals surface area contributed by atoms with Crippen LogP contribution in [0.3, 0.4) is 0 Å². The third-order valence-electron chi connectivity index (χ3n) is 1.87. The molecule has 0 radical (unpaired) electrons. The van der Waals surface area contributed by atoms with Crippen molar-refractivity contribution in [2.24, 2.45) is 7.05 Å². The standard InChI is InChI=1S/C9H7NO2/c1-10-4-6-7(5-10)9(12)3-2-8(6)11/h2-5H,1H3. The van der Waals surface area contributed by atoms with E-state index in [0.29, 0.717) is 11.1 Å². The van der Waals surface area contributed by atoms with Crippen LogP contribution in [0.15, 0.2) is 24.5 Å². The Morgan fingerprint density at radius 3 is 1.83 bits per heavy atom. The van der Waals surface area contributed by atoms with Gasteiger partial charge >= 0.3 is 0 Å². The van der Waals surface area contributed by atoms with E-state index in [1.807, 2.05) is 0 Å². The summed E-state index contributed by atoms with van der Waals surface area (Å²) in [4.78, 5) is 22.4. The first kappa shape index (κ1) is 7.03. The van der Waals surface area contributed by atoms with E-state index in [2.05, 4.69) is 0 Å². The molecule has 1 aromatic heterocycles. The smallest absolute Gasteiger partial charge is 0.188 e. The van der Waals surface area contributed by atoms with Gasteiger partial charge in [-0.05, 0) is 12.2 Å². The summed E-state index contributed by atoms with van der Waals surface area (Å²) in [5, 5.41) is 0. The third-order valence-corrected chi connectivity index (χ3v) is 1.87. The van der Waals surface area contributed by atoms with Gasteiger partial charge in [-0.1, -0.05) is 0 Å². The molecule has 0 amide bonds. The first-order valence-electron chi connectivity index (χ1n) is 3.61. The molecule has 60 valence electrons. The van der Waals surface area contributed by atoms with Crippen LogP contribution in [0.25, 0.3) is 0 Å². The molecule has 0 saturated heterocycles. The third kappa shape index (κ3) is 0.830. The number of hydrogen-bond donors (Lipinski definition) is 0. The number of carbonyl (C=O) groups excluding carboxylic acids is 2. The molecule has 0 bridgehead atoms. The topological polar surface area (TPSA) is 39.1 Å². The maximum absolute atomic E-state index is 11.2. The van der Waals surface area contributed by atoms with Crippen molar-refractivity contribution in [3.63, 3.8) is 0 Å². The molecule has 3 nitrogen and oxygen atoms in total. The molecule has 0 saturated carbocycles. The summed E-state index contributed by atoms with van der Waals surface area (Å²) in [6.07, 6.45) is 5.95. The number of fused-ring (bicyclic) bond motifs is 1. The van der Waals surface area contributed by atoms with Crippen molar-refractivity contribution < 1.29 is 9.59 Å². The Morgan fingerprint density at radius 1 is 1.00 bits per heavy atom. The van der Waals surface area contributed by atoms with Gasteiger partial charge < -0.3 is 4.57 Å². The van der Waals surface area contributed by atoms with E-state index in [1.165, 1.54) is 12.2 Å².